The molecule has 0 fully saturated rings. The average molecular weight is 332 g/mol. The van der Waals surface area contributed by atoms with Gasteiger partial charge >= 0.3 is 0 Å². The van der Waals surface area contributed by atoms with Crippen molar-refractivity contribution in [1.82, 2.24) is 14.9 Å². The molecule has 0 spiro atoms. The minimum absolute atomic E-state index is 0.0830. The molecule has 1 aromatic carbocycles. The topological polar surface area (TPSA) is 58.1 Å². The molecule has 1 amide bonds. The van der Waals surface area contributed by atoms with Crippen LogP contribution in [0.15, 0.2) is 73.2 Å². The minimum atomic E-state index is -0.0830. The normalized spacial score (nSPS) is 10.3. The standard InChI is InChI=1S/C20H20N4O/c1-24(14-11-16-9-12-21-13-10-16)20(25)19-8-7-18(15-22-19)23-17-5-3-2-4-6-17/h2-10,12-13,15,23H,11,14H2,1H3. The van der Waals surface area contributed by atoms with Crippen molar-refractivity contribution in [3.05, 3.63) is 84.4 Å². The molecular formula is C20H20N4O. The summed E-state index contributed by atoms with van der Waals surface area (Å²) in [6, 6.07) is 17.4. The van der Waals surface area contributed by atoms with E-state index in [1.807, 2.05) is 48.5 Å². The lowest BCUT2D eigenvalue weighted by Gasteiger charge is -2.17. The summed E-state index contributed by atoms with van der Waals surface area (Å²) in [4.78, 5) is 22.4. The van der Waals surface area contributed by atoms with Crippen LogP contribution in [0.3, 0.4) is 0 Å². The lowest BCUT2D eigenvalue weighted by Crippen LogP contribution is -2.29. The van der Waals surface area contributed by atoms with Gasteiger partial charge in [-0.15, -0.1) is 0 Å². The number of nitrogens with one attached hydrogen (secondary N) is 1. The van der Waals surface area contributed by atoms with E-state index in [0.717, 1.165) is 23.4 Å². The van der Waals surface area contributed by atoms with Crippen LogP contribution in [0.25, 0.3) is 0 Å². The van der Waals surface area contributed by atoms with Gasteiger partial charge in [-0.3, -0.25) is 9.78 Å². The van der Waals surface area contributed by atoms with E-state index >= 15 is 0 Å². The molecule has 2 aromatic heterocycles. The molecule has 126 valence electrons. The van der Waals surface area contributed by atoms with E-state index < -0.39 is 0 Å². The highest BCUT2D eigenvalue weighted by molar-refractivity contribution is 5.92. The van der Waals surface area contributed by atoms with E-state index in [4.69, 9.17) is 0 Å². The summed E-state index contributed by atoms with van der Waals surface area (Å²) in [5, 5.41) is 3.25. The van der Waals surface area contributed by atoms with Crippen LogP contribution >= 0.6 is 0 Å². The van der Waals surface area contributed by atoms with Crippen LogP contribution in [-0.2, 0) is 6.42 Å². The highest BCUT2D eigenvalue weighted by Gasteiger charge is 2.13. The Morgan fingerprint density at radius 1 is 1.00 bits per heavy atom. The maximum absolute atomic E-state index is 12.5. The van der Waals surface area contributed by atoms with Crippen molar-refractivity contribution in [2.45, 2.75) is 6.42 Å². The number of likely N-dealkylation sites (N-methyl/N-ethyl adjacent to an activating group) is 1. The molecule has 0 saturated heterocycles. The number of rotatable bonds is 6. The number of carbonyl (C=O) groups is 1. The number of aromatic nitrogens is 2. The number of benzene rings is 1. The smallest absolute Gasteiger partial charge is 0.272 e. The van der Waals surface area contributed by atoms with Gasteiger partial charge in [0.05, 0.1) is 11.9 Å². The second-order valence-corrected chi connectivity index (χ2v) is 5.76. The molecule has 0 atom stereocenters. The summed E-state index contributed by atoms with van der Waals surface area (Å²) >= 11 is 0. The van der Waals surface area contributed by atoms with Gasteiger partial charge in [0.1, 0.15) is 5.69 Å². The fourth-order valence-corrected chi connectivity index (χ4v) is 2.43. The molecule has 0 unspecified atom stereocenters. The van der Waals surface area contributed by atoms with Crippen LogP contribution in [0.1, 0.15) is 16.1 Å². The molecule has 2 heterocycles. The van der Waals surface area contributed by atoms with E-state index in [0.29, 0.717) is 12.2 Å². The maximum atomic E-state index is 12.5. The number of hydrogen-bond acceptors (Lipinski definition) is 4. The summed E-state index contributed by atoms with van der Waals surface area (Å²) in [5.41, 5.74) is 3.43. The number of carbonyl (C=O) groups excluding carboxylic acids is 1. The van der Waals surface area contributed by atoms with Crippen molar-refractivity contribution in [3.63, 3.8) is 0 Å². The highest BCUT2D eigenvalue weighted by atomic mass is 16.2. The van der Waals surface area contributed by atoms with Crippen molar-refractivity contribution in [2.75, 3.05) is 18.9 Å². The molecule has 25 heavy (non-hydrogen) atoms. The molecule has 3 aromatic rings. The van der Waals surface area contributed by atoms with Crippen molar-refractivity contribution < 1.29 is 4.79 Å². The van der Waals surface area contributed by atoms with Crippen molar-refractivity contribution in [1.29, 1.82) is 0 Å². The zero-order valence-corrected chi connectivity index (χ0v) is 14.1. The van der Waals surface area contributed by atoms with Gasteiger partial charge in [-0.05, 0) is 48.4 Å². The van der Waals surface area contributed by atoms with Gasteiger partial charge in [0.25, 0.3) is 5.91 Å². The number of pyridine rings is 2. The minimum Gasteiger partial charge on any atom is -0.354 e. The maximum Gasteiger partial charge on any atom is 0.272 e. The third kappa shape index (κ3) is 4.64. The summed E-state index contributed by atoms with van der Waals surface area (Å²) in [5.74, 6) is -0.0830. The fourth-order valence-electron chi connectivity index (χ4n) is 2.43. The Balaban J connectivity index is 1.58. The molecular weight excluding hydrogens is 312 g/mol. The Hall–Kier alpha value is -3.21. The van der Waals surface area contributed by atoms with Gasteiger partial charge in [0.15, 0.2) is 0 Å². The van der Waals surface area contributed by atoms with E-state index in [1.54, 1.807) is 36.6 Å². The van der Waals surface area contributed by atoms with E-state index in [1.165, 1.54) is 0 Å². The SMILES string of the molecule is CN(CCc1ccncc1)C(=O)c1ccc(Nc2ccccc2)cn1. The number of nitrogens with zero attached hydrogens (tertiary/aromatic N) is 3. The van der Waals surface area contributed by atoms with Crippen LogP contribution in [-0.4, -0.2) is 34.4 Å². The van der Waals surface area contributed by atoms with Gasteiger partial charge in [0, 0.05) is 31.7 Å². The average Bonchev–Trinajstić information content (AvgIpc) is 2.68. The fraction of sp³-hybridized carbons (Fsp3) is 0.150. The molecule has 3 rings (SSSR count). The first-order valence-electron chi connectivity index (χ1n) is 8.15. The first kappa shape index (κ1) is 16.6. The van der Waals surface area contributed by atoms with Crippen molar-refractivity contribution in [2.24, 2.45) is 0 Å². The van der Waals surface area contributed by atoms with Crippen LogP contribution in [0.2, 0.25) is 0 Å². The van der Waals surface area contributed by atoms with Gasteiger partial charge in [-0.2, -0.15) is 0 Å². The molecule has 0 aliphatic rings. The monoisotopic (exact) mass is 332 g/mol. The van der Waals surface area contributed by atoms with Gasteiger partial charge < -0.3 is 10.2 Å². The molecule has 0 radical (unpaired) electrons. The third-order valence-corrected chi connectivity index (χ3v) is 3.88. The first-order valence-corrected chi connectivity index (χ1v) is 8.15. The van der Waals surface area contributed by atoms with Crippen LogP contribution in [0, 0.1) is 0 Å². The second-order valence-electron chi connectivity index (χ2n) is 5.76. The van der Waals surface area contributed by atoms with Gasteiger partial charge in [0.2, 0.25) is 0 Å². The molecule has 0 saturated carbocycles. The summed E-state index contributed by atoms with van der Waals surface area (Å²) in [7, 11) is 1.79. The Labute approximate surface area is 147 Å². The largest absolute Gasteiger partial charge is 0.354 e. The predicted octanol–water partition coefficient (Wildman–Crippen LogP) is 3.53. The van der Waals surface area contributed by atoms with E-state index in [2.05, 4.69) is 15.3 Å². The summed E-state index contributed by atoms with van der Waals surface area (Å²) in [6.07, 6.45) is 5.99. The lowest BCUT2D eigenvalue weighted by atomic mass is 10.2. The molecule has 5 nitrogen and oxygen atoms in total. The van der Waals surface area contributed by atoms with Gasteiger partial charge in [-0.25, -0.2) is 4.98 Å². The molecule has 1 N–H and O–H groups in total. The van der Waals surface area contributed by atoms with Crippen LogP contribution < -0.4 is 5.32 Å². The molecule has 0 aliphatic carbocycles. The summed E-state index contributed by atoms with van der Waals surface area (Å²) < 4.78 is 0. The number of anilines is 2. The molecule has 0 bridgehead atoms. The Bertz CT molecular complexity index is 804. The van der Waals surface area contributed by atoms with E-state index in [-0.39, 0.29) is 5.91 Å². The second kappa shape index (κ2) is 8.06. The molecule has 0 aliphatic heterocycles. The van der Waals surface area contributed by atoms with Crippen LogP contribution in [0.5, 0.6) is 0 Å². The van der Waals surface area contributed by atoms with Crippen LogP contribution in [0.4, 0.5) is 11.4 Å². The number of para-hydroxylation sites is 1. The molecule has 5 heteroatoms. The Morgan fingerprint density at radius 2 is 1.76 bits per heavy atom. The summed E-state index contributed by atoms with van der Waals surface area (Å²) in [6.45, 7) is 0.633. The Morgan fingerprint density at radius 3 is 2.44 bits per heavy atom. The van der Waals surface area contributed by atoms with Crippen molar-refractivity contribution >= 4 is 17.3 Å². The lowest BCUT2D eigenvalue weighted by molar-refractivity contribution is 0.0791. The third-order valence-electron chi connectivity index (χ3n) is 3.88. The Kier molecular flexibility index (Phi) is 5.36. The van der Waals surface area contributed by atoms with Gasteiger partial charge in [-0.1, -0.05) is 18.2 Å². The highest BCUT2D eigenvalue weighted by Crippen LogP contribution is 2.15. The zero-order valence-electron chi connectivity index (χ0n) is 14.1. The number of amides is 1. The predicted molar refractivity (Wildman–Crippen MR) is 98.9 cm³/mol. The zero-order chi connectivity index (χ0) is 17.5. The van der Waals surface area contributed by atoms with E-state index in [9.17, 15) is 4.79 Å². The number of hydrogen-bond donors (Lipinski definition) is 1. The first-order chi connectivity index (χ1) is 12.2. The van der Waals surface area contributed by atoms with Crippen molar-refractivity contribution in [3.8, 4) is 0 Å². The quantitative estimate of drug-likeness (QED) is 0.750.